The van der Waals surface area contributed by atoms with Gasteiger partial charge in [-0.15, -0.1) is 0 Å². The van der Waals surface area contributed by atoms with E-state index in [-0.39, 0.29) is 11.5 Å². The zero-order valence-electron chi connectivity index (χ0n) is 8.79. The molecule has 2 N–H and O–H groups in total. The maximum Gasteiger partial charge on any atom is 0.171 e. The van der Waals surface area contributed by atoms with E-state index in [1.807, 2.05) is 6.07 Å². The van der Waals surface area contributed by atoms with Crippen molar-refractivity contribution in [2.75, 3.05) is 0 Å². The minimum Gasteiger partial charge on any atom is -0.508 e. The number of phenols is 2. The number of rotatable bonds is 1. The van der Waals surface area contributed by atoms with Crippen molar-refractivity contribution in [2.45, 2.75) is 0 Å². The molecular weight excluding hydrogens is 218 g/mol. The normalized spacial score (nSPS) is 10.8. The number of nitrogens with zero attached hydrogens (tertiary/aromatic N) is 1. The zero-order valence-corrected chi connectivity index (χ0v) is 8.79. The molecule has 0 spiro atoms. The van der Waals surface area contributed by atoms with Crippen molar-refractivity contribution in [3.05, 3.63) is 42.5 Å². The second-order valence-electron chi connectivity index (χ2n) is 3.76. The van der Waals surface area contributed by atoms with E-state index < -0.39 is 0 Å². The third-order valence-corrected chi connectivity index (χ3v) is 2.58. The Balaban J connectivity index is 2.24. The molecule has 0 amide bonds. The van der Waals surface area contributed by atoms with Crippen molar-refractivity contribution in [3.8, 4) is 22.8 Å². The number of hydrogen-bond donors (Lipinski definition) is 2. The van der Waals surface area contributed by atoms with Gasteiger partial charge in [-0.05, 0) is 24.3 Å². The van der Waals surface area contributed by atoms with Crippen LogP contribution in [0.5, 0.6) is 11.5 Å². The Hall–Kier alpha value is -2.49. The van der Waals surface area contributed by atoms with Gasteiger partial charge in [0.2, 0.25) is 0 Å². The summed E-state index contributed by atoms with van der Waals surface area (Å²) in [6, 6.07) is 11.6. The van der Waals surface area contributed by atoms with Crippen LogP contribution in [0.15, 0.2) is 47.0 Å². The SMILES string of the molecule is Oc1cccc(-c2noc3cc(O)ccc23)c1. The van der Waals surface area contributed by atoms with Crippen molar-refractivity contribution >= 4 is 11.0 Å². The average Bonchev–Trinajstić information content (AvgIpc) is 2.71. The van der Waals surface area contributed by atoms with Crippen molar-refractivity contribution in [1.29, 1.82) is 0 Å². The summed E-state index contributed by atoms with van der Waals surface area (Å²) < 4.78 is 5.13. The van der Waals surface area contributed by atoms with E-state index in [0.29, 0.717) is 11.3 Å². The molecule has 17 heavy (non-hydrogen) atoms. The molecule has 0 atom stereocenters. The van der Waals surface area contributed by atoms with E-state index in [4.69, 9.17) is 4.52 Å². The van der Waals surface area contributed by atoms with Crippen LogP contribution < -0.4 is 0 Å². The average molecular weight is 227 g/mol. The molecule has 0 saturated carbocycles. The number of benzene rings is 2. The van der Waals surface area contributed by atoms with Gasteiger partial charge in [0.1, 0.15) is 17.2 Å². The molecule has 0 unspecified atom stereocenters. The fourth-order valence-electron chi connectivity index (χ4n) is 1.79. The third kappa shape index (κ3) is 1.59. The molecule has 0 aliphatic rings. The van der Waals surface area contributed by atoms with E-state index in [0.717, 1.165) is 10.9 Å². The number of phenolic OH excluding ortho intramolecular Hbond substituents is 2. The Kier molecular flexibility index (Phi) is 2.01. The van der Waals surface area contributed by atoms with Gasteiger partial charge in [0.25, 0.3) is 0 Å². The minimum absolute atomic E-state index is 0.135. The first-order chi connectivity index (χ1) is 8.24. The Bertz CT molecular complexity index is 688. The van der Waals surface area contributed by atoms with Gasteiger partial charge in [-0.1, -0.05) is 17.3 Å². The van der Waals surface area contributed by atoms with Crippen molar-refractivity contribution in [2.24, 2.45) is 0 Å². The van der Waals surface area contributed by atoms with Crippen LogP contribution in [0.1, 0.15) is 0 Å². The highest BCUT2D eigenvalue weighted by Crippen LogP contribution is 2.31. The second-order valence-corrected chi connectivity index (χ2v) is 3.76. The maximum absolute atomic E-state index is 9.43. The number of aromatic nitrogens is 1. The quantitative estimate of drug-likeness (QED) is 0.670. The number of aromatic hydroxyl groups is 2. The molecule has 2 aromatic carbocycles. The van der Waals surface area contributed by atoms with Crippen LogP contribution in [0.4, 0.5) is 0 Å². The highest BCUT2D eigenvalue weighted by atomic mass is 16.5. The second kappa shape index (κ2) is 3.52. The third-order valence-electron chi connectivity index (χ3n) is 2.58. The van der Waals surface area contributed by atoms with Crippen LogP contribution in [0, 0.1) is 0 Å². The van der Waals surface area contributed by atoms with Gasteiger partial charge in [0.05, 0.1) is 0 Å². The number of fused-ring (bicyclic) bond motifs is 1. The lowest BCUT2D eigenvalue weighted by Gasteiger charge is -1.97. The Morgan fingerprint density at radius 3 is 2.59 bits per heavy atom. The molecule has 0 aliphatic carbocycles. The molecule has 0 saturated heterocycles. The lowest BCUT2D eigenvalue weighted by atomic mass is 10.1. The van der Waals surface area contributed by atoms with E-state index in [2.05, 4.69) is 5.16 Å². The Morgan fingerprint density at radius 1 is 0.941 bits per heavy atom. The van der Waals surface area contributed by atoms with Gasteiger partial charge in [-0.3, -0.25) is 0 Å². The first-order valence-corrected chi connectivity index (χ1v) is 5.12. The predicted molar refractivity (Wildman–Crippen MR) is 62.8 cm³/mol. The van der Waals surface area contributed by atoms with Gasteiger partial charge in [-0.2, -0.15) is 0 Å². The van der Waals surface area contributed by atoms with Crippen LogP contribution in [-0.2, 0) is 0 Å². The summed E-state index contributed by atoms with van der Waals surface area (Å²) in [5.41, 5.74) is 1.94. The first-order valence-electron chi connectivity index (χ1n) is 5.12. The molecule has 0 radical (unpaired) electrons. The van der Waals surface area contributed by atoms with Gasteiger partial charge < -0.3 is 14.7 Å². The molecule has 4 nitrogen and oxygen atoms in total. The van der Waals surface area contributed by atoms with Crippen LogP contribution in [0.25, 0.3) is 22.2 Å². The van der Waals surface area contributed by atoms with Crippen LogP contribution in [0.2, 0.25) is 0 Å². The highest BCUT2D eigenvalue weighted by molar-refractivity contribution is 5.92. The van der Waals surface area contributed by atoms with Crippen LogP contribution in [0.3, 0.4) is 0 Å². The summed E-state index contributed by atoms with van der Waals surface area (Å²) >= 11 is 0. The molecule has 0 aliphatic heterocycles. The first kappa shape index (κ1) is 9.72. The molecule has 1 aromatic heterocycles. The van der Waals surface area contributed by atoms with Crippen LogP contribution >= 0.6 is 0 Å². The summed E-state index contributed by atoms with van der Waals surface area (Å²) in [5.74, 6) is 0.313. The fraction of sp³-hybridized carbons (Fsp3) is 0. The monoisotopic (exact) mass is 227 g/mol. The summed E-state index contributed by atoms with van der Waals surface area (Å²) in [4.78, 5) is 0. The Labute approximate surface area is 96.7 Å². The maximum atomic E-state index is 9.43. The largest absolute Gasteiger partial charge is 0.508 e. The molecule has 3 rings (SSSR count). The van der Waals surface area contributed by atoms with E-state index in [1.165, 1.54) is 6.07 Å². The molecule has 0 bridgehead atoms. The summed E-state index contributed by atoms with van der Waals surface area (Å²) in [6.45, 7) is 0. The smallest absolute Gasteiger partial charge is 0.171 e. The highest BCUT2D eigenvalue weighted by Gasteiger charge is 2.10. The Morgan fingerprint density at radius 2 is 1.76 bits per heavy atom. The zero-order chi connectivity index (χ0) is 11.8. The van der Waals surface area contributed by atoms with E-state index in [9.17, 15) is 10.2 Å². The standard InChI is InChI=1S/C13H9NO3/c15-9-3-1-2-8(6-9)13-11-5-4-10(16)7-12(11)17-14-13/h1-7,15-16H. The van der Waals surface area contributed by atoms with Crippen LogP contribution in [-0.4, -0.2) is 15.4 Å². The van der Waals surface area contributed by atoms with Gasteiger partial charge in [0, 0.05) is 17.0 Å². The van der Waals surface area contributed by atoms with Gasteiger partial charge >= 0.3 is 0 Å². The molecule has 1 heterocycles. The predicted octanol–water partition coefficient (Wildman–Crippen LogP) is 2.91. The van der Waals surface area contributed by atoms with Gasteiger partial charge in [-0.25, -0.2) is 0 Å². The summed E-state index contributed by atoms with van der Waals surface area (Å²) in [6.07, 6.45) is 0. The molecule has 84 valence electrons. The molecular formula is C13H9NO3. The van der Waals surface area contributed by atoms with Crippen molar-refractivity contribution in [3.63, 3.8) is 0 Å². The van der Waals surface area contributed by atoms with E-state index in [1.54, 1.807) is 30.3 Å². The summed E-state index contributed by atoms with van der Waals surface area (Å²) in [5, 5.41) is 23.5. The van der Waals surface area contributed by atoms with Gasteiger partial charge in [0.15, 0.2) is 5.58 Å². The topological polar surface area (TPSA) is 66.5 Å². The molecule has 4 heteroatoms. The molecule has 0 fully saturated rings. The number of hydrogen-bond acceptors (Lipinski definition) is 4. The lowest BCUT2D eigenvalue weighted by molar-refractivity contribution is 0.451. The lowest BCUT2D eigenvalue weighted by Crippen LogP contribution is -1.77. The summed E-state index contributed by atoms with van der Waals surface area (Å²) in [7, 11) is 0. The molecule has 3 aromatic rings. The van der Waals surface area contributed by atoms with Crippen molar-refractivity contribution < 1.29 is 14.7 Å². The minimum atomic E-state index is 0.135. The van der Waals surface area contributed by atoms with E-state index >= 15 is 0 Å². The fourth-order valence-corrected chi connectivity index (χ4v) is 1.79. The van der Waals surface area contributed by atoms with Crippen molar-refractivity contribution in [1.82, 2.24) is 5.16 Å².